The van der Waals surface area contributed by atoms with Gasteiger partial charge in [-0.3, -0.25) is 14.8 Å². The van der Waals surface area contributed by atoms with Gasteiger partial charge in [0.05, 0.1) is 5.56 Å². The number of carbonyl (C=O) groups excluding carboxylic acids is 1. The van der Waals surface area contributed by atoms with E-state index in [9.17, 15) is 4.79 Å². The minimum atomic E-state index is 0.0538. The van der Waals surface area contributed by atoms with Gasteiger partial charge in [0.25, 0.3) is 5.91 Å². The minimum absolute atomic E-state index is 0.0538. The second-order valence-corrected chi connectivity index (χ2v) is 3.74. The van der Waals surface area contributed by atoms with E-state index >= 15 is 0 Å². The van der Waals surface area contributed by atoms with Crippen molar-refractivity contribution >= 4 is 5.91 Å². The maximum atomic E-state index is 11.7. The van der Waals surface area contributed by atoms with Crippen LogP contribution < -0.4 is 0 Å². The van der Waals surface area contributed by atoms with Crippen LogP contribution in [0, 0.1) is 0 Å². The quantitative estimate of drug-likeness (QED) is 0.849. The number of nitrogens with zero attached hydrogens (tertiary/aromatic N) is 3. The molecule has 100 valence electrons. The van der Waals surface area contributed by atoms with Gasteiger partial charge in [-0.25, -0.2) is 0 Å². The van der Waals surface area contributed by atoms with Crippen molar-refractivity contribution in [2.45, 2.75) is 13.8 Å². The zero-order valence-corrected chi connectivity index (χ0v) is 11.4. The Morgan fingerprint density at radius 3 is 2.00 bits per heavy atom. The summed E-state index contributed by atoms with van der Waals surface area (Å²) in [6.07, 6.45) is 6.76. The Bertz CT molecular complexity index is 429. The first-order valence-corrected chi connectivity index (χ1v) is 6.33. The van der Waals surface area contributed by atoms with Crippen molar-refractivity contribution in [3.8, 4) is 0 Å². The molecule has 0 aliphatic rings. The summed E-state index contributed by atoms with van der Waals surface area (Å²) < 4.78 is 0. The van der Waals surface area contributed by atoms with Crippen LogP contribution in [0.4, 0.5) is 0 Å². The van der Waals surface area contributed by atoms with E-state index in [4.69, 9.17) is 0 Å². The third-order valence-corrected chi connectivity index (χ3v) is 2.53. The molecular weight excluding hydrogens is 238 g/mol. The lowest BCUT2D eigenvalue weighted by atomic mass is 10.2. The molecule has 2 heterocycles. The van der Waals surface area contributed by atoms with Crippen LogP contribution in [0.25, 0.3) is 0 Å². The highest BCUT2D eigenvalue weighted by atomic mass is 16.2. The number of pyridine rings is 2. The van der Waals surface area contributed by atoms with Crippen LogP contribution in [0.1, 0.15) is 24.2 Å². The summed E-state index contributed by atoms with van der Waals surface area (Å²) in [4.78, 5) is 21.2. The van der Waals surface area contributed by atoms with Crippen molar-refractivity contribution in [1.82, 2.24) is 14.9 Å². The molecule has 0 bridgehead atoms. The van der Waals surface area contributed by atoms with Gasteiger partial charge in [0.15, 0.2) is 0 Å². The summed E-state index contributed by atoms with van der Waals surface area (Å²) in [6.45, 7) is 5.42. The lowest BCUT2D eigenvalue weighted by Gasteiger charge is -2.17. The number of amides is 1. The molecule has 0 aliphatic carbocycles. The Kier molecular flexibility index (Phi) is 6.87. The smallest absolute Gasteiger partial charge is 0.255 e. The molecule has 0 unspecified atom stereocenters. The Morgan fingerprint density at radius 2 is 1.63 bits per heavy atom. The molecule has 0 fully saturated rings. The first-order valence-electron chi connectivity index (χ1n) is 6.33. The highest BCUT2D eigenvalue weighted by molar-refractivity contribution is 5.93. The molecule has 4 heteroatoms. The lowest BCUT2D eigenvalue weighted by Crippen LogP contribution is -2.30. The van der Waals surface area contributed by atoms with E-state index in [1.807, 2.05) is 32.0 Å². The van der Waals surface area contributed by atoms with Crippen molar-refractivity contribution in [3.05, 3.63) is 60.7 Å². The molecule has 2 aromatic rings. The van der Waals surface area contributed by atoms with Gasteiger partial charge in [-0.1, -0.05) is 6.07 Å². The van der Waals surface area contributed by atoms with E-state index < -0.39 is 0 Å². The molecule has 19 heavy (non-hydrogen) atoms. The molecule has 0 aliphatic heterocycles. The molecule has 1 amide bonds. The second kappa shape index (κ2) is 8.80. The Hall–Kier alpha value is -2.23. The van der Waals surface area contributed by atoms with Crippen molar-refractivity contribution in [3.63, 3.8) is 0 Å². The first kappa shape index (κ1) is 14.8. The van der Waals surface area contributed by atoms with Gasteiger partial charge in [-0.15, -0.1) is 0 Å². The van der Waals surface area contributed by atoms with Crippen LogP contribution in [0.5, 0.6) is 0 Å². The predicted octanol–water partition coefficient (Wildman–Crippen LogP) is 2.65. The first-order chi connectivity index (χ1) is 9.29. The van der Waals surface area contributed by atoms with E-state index in [2.05, 4.69) is 9.97 Å². The number of carbonyl (C=O) groups is 1. The van der Waals surface area contributed by atoms with Crippen molar-refractivity contribution in [2.24, 2.45) is 0 Å². The lowest BCUT2D eigenvalue weighted by molar-refractivity contribution is 0.0772. The Morgan fingerprint density at radius 1 is 1.00 bits per heavy atom. The van der Waals surface area contributed by atoms with E-state index in [-0.39, 0.29) is 5.91 Å². The molecule has 2 rings (SSSR count). The third kappa shape index (κ3) is 5.29. The number of hydrogen-bond acceptors (Lipinski definition) is 3. The fourth-order valence-corrected chi connectivity index (χ4v) is 1.50. The van der Waals surface area contributed by atoms with Crippen LogP contribution in [0.2, 0.25) is 0 Å². The van der Waals surface area contributed by atoms with Crippen molar-refractivity contribution < 1.29 is 4.79 Å². The zero-order valence-electron chi connectivity index (χ0n) is 11.4. The standard InChI is InChI=1S/C10H14N2O.C5H5N/c1-3-12(4-2)10(13)9-6-5-7-11-8-9;1-2-4-6-5-3-1/h5-8H,3-4H2,1-2H3;1-5H. The summed E-state index contributed by atoms with van der Waals surface area (Å²) in [5.74, 6) is 0.0538. The van der Waals surface area contributed by atoms with Gasteiger partial charge in [0.1, 0.15) is 0 Å². The minimum Gasteiger partial charge on any atom is -0.339 e. The van der Waals surface area contributed by atoms with Gasteiger partial charge in [-0.05, 0) is 38.1 Å². The average Bonchev–Trinajstić information content (AvgIpc) is 2.51. The molecule has 0 saturated carbocycles. The van der Waals surface area contributed by atoms with Crippen LogP contribution in [-0.2, 0) is 0 Å². The fourth-order valence-electron chi connectivity index (χ4n) is 1.50. The highest BCUT2D eigenvalue weighted by Crippen LogP contribution is 2.01. The zero-order chi connectivity index (χ0) is 13.9. The maximum Gasteiger partial charge on any atom is 0.255 e. The summed E-state index contributed by atoms with van der Waals surface area (Å²) in [6, 6.07) is 9.28. The molecule has 0 radical (unpaired) electrons. The van der Waals surface area contributed by atoms with Crippen LogP contribution >= 0.6 is 0 Å². The van der Waals surface area contributed by atoms with E-state index in [0.29, 0.717) is 5.56 Å². The van der Waals surface area contributed by atoms with Crippen LogP contribution in [-0.4, -0.2) is 33.9 Å². The molecular formula is C15H19N3O. The summed E-state index contributed by atoms with van der Waals surface area (Å²) >= 11 is 0. The van der Waals surface area contributed by atoms with Crippen molar-refractivity contribution in [2.75, 3.05) is 13.1 Å². The number of hydrogen-bond donors (Lipinski definition) is 0. The molecule has 0 N–H and O–H groups in total. The molecule has 0 atom stereocenters. The Balaban J connectivity index is 0.000000250. The van der Waals surface area contributed by atoms with Gasteiger partial charge < -0.3 is 4.90 Å². The topological polar surface area (TPSA) is 46.1 Å². The van der Waals surface area contributed by atoms with Gasteiger partial charge >= 0.3 is 0 Å². The maximum absolute atomic E-state index is 11.7. The number of rotatable bonds is 3. The summed E-state index contributed by atoms with van der Waals surface area (Å²) in [5, 5.41) is 0. The van der Waals surface area contributed by atoms with E-state index in [0.717, 1.165) is 13.1 Å². The SMILES string of the molecule is CCN(CC)C(=O)c1cccnc1.c1ccncc1. The van der Waals surface area contributed by atoms with Gasteiger partial charge in [-0.2, -0.15) is 0 Å². The van der Waals surface area contributed by atoms with Crippen molar-refractivity contribution in [1.29, 1.82) is 0 Å². The van der Waals surface area contributed by atoms with E-state index in [1.165, 1.54) is 0 Å². The summed E-state index contributed by atoms with van der Waals surface area (Å²) in [5.41, 5.74) is 0.659. The highest BCUT2D eigenvalue weighted by Gasteiger charge is 2.11. The average molecular weight is 257 g/mol. The molecule has 2 aromatic heterocycles. The molecule has 4 nitrogen and oxygen atoms in total. The van der Waals surface area contributed by atoms with Gasteiger partial charge in [0.2, 0.25) is 0 Å². The summed E-state index contributed by atoms with van der Waals surface area (Å²) in [7, 11) is 0. The fraction of sp³-hybridized carbons (Fsp3) is 0.267. The Labute approximate surface area is 114 Å². The number of aromatic nitrogens is 2. The normalized spacial score (nSPS) is 9.16. The van der Waals surface area contributed by atoms with Crippen LogP contribution in [0.15, 0.2) is 55.1 Å². The molecule has 0 saturated heterocycles. The monoisotopic (exact) mass is 257 g/mol. The largest absolute Gasteiger partial charge is 0.339 e. The second-order valence-electron chi connectivity index (χ2n) is 3.74. The van der Waals surface area contributed by atoms with Crippen LogP contribution in [0.3, 0.4) is 0 Å². The predicted molar refractivity (Wildman–Crippen MR) is 75.7 cm³/mol. The van der Waals surface area contributed by atoms with E-state index in [1.54, 1.807) is 41.8 Å². The molecule has 0 spiro atoms. The van der Waals surface area contributed by atoms with Gasteiger partial charge in [0, 0.05) is 37.9 Å². The third-order valence-electron chi connectivity index (χ3n) is 2.53. The molecule has 0 aromatic carbocycles.